The lowest BCUT2D eigenvalue weighted by atomic mass is 10.0. The number of rotatable bonds is 8. The first-order valence-electron chi connectivity index (χ1n) is 17.7. The number of alkyl halides is 6. The molecular formula is C38H40F6N2O10S4. The topological polar surface area (TPSA) is 181 Å². The number of hydrogen-bond acceptors (Lipinski definition) is 12. The molecule has 60 heavy (non-hydrogen) atoms. The van der Waals surface area contributed by atoms with Crippen LogP contribution in [0.1, 0.15) is 72.5 Å². The van der Waals surface area contributed by atoms with Gasteiger partial charge < -0.3 is 9.47 Å². The van der Waals surface area contributed by atoms with Crippen LogP contribution in [0.5, 0.6) is 0 Å². The Labute approximate surface area is 344 Å². The molecular weight excluding hydrogens is 887 g/mol. The summed E-state index contributed by atoms with van der Waals surface area (Å²) in [6.07, 6.45) is -6.39. The van der Waals surface area contributed by atoms with Crippen LogP contribution in [0.15, 0.2) is 92.6 Å². The maximum absolute atomic E-state index is 13.1. The van der Waals surface area contributed by atoms with Crippen molar-refractivity contribution in [3.05, 3.63) is 107 Å². The summed E-state index contributed by atoms with van der Waals surface area (Å²) in [4.78, 5) is 7.49. The molecule has 0 spiro atoms. The van der Waals surface area contributed by atoms with E-state index in [2.05, 4.69) is 9.97 Å². The van der Waals surface area contributed by atoms with Gasteiger partial charge in [-0.25, -0.2) is 33.7 Å². The number of hydrogen-bond donors (Lipinski definition) is 0. The second-order valence-corrected chi connectivity index (χ2v) is 24.2. The van der Waals surface area contributed by atoms with Crippen LogP contribution in [-0.2, 0) is 61.2 Å². The van der Waals surface area contributed by atoms with Crippen LogP contribution < -0.4 is 0 Å². The molecule has 22 heteroatoms. The second-order valence-electron chi connectivity index (χ2n) is 15.3. The summed E-state index contributed by atoms with van der Waals surface area (Å²) >= 11 is 0. The lowest BCUT2D eigenvalue weighted by Gasteiger charge is -2.23. The van der Waals surface area contributed by atoms with Crippen molar-refractivity contribution in [3.63, 3.8) is 0 Å². The monoisotopic (exact) mass is 926 g/mol. The van der Waals surface area contributed by atoms with Gasteiger partial charge in [-0.15, -0.1) is 0 Å². The Bertz CT molecular complexity index is 2570. The van der Waals surface area contributed by atoms with E-state index in [0.717, 1.165) is 48.9 Å². The van der Waals surface area contributed by atoms with E-state index in [9.17, 15) is 60.0 Å². The van der Waals surface area contributed by atoms with Crippen molar-refractivity contribution in [3.8, 4) is 0 Å². The summed E-state index contributed by atoms with van der Waals surface area (Å²) in [6.45, 7) is 5.65. The summed E-state index contributed by atoms with van der Waals surface area (Å²) in [5.41, 5.74) is -0.268. The number of aromatic nitrogens is 2. The highest BCUT2D eigenvalue weighted by Crippen LogP contribution is 2.45. The van der Waals surface area contributed by atoms with E-state index in [1.54, 1.807) is 13.8 Å². The fourth-order valence-electron chi connectivity index (χ4n) is 6.75. The second kappa shape index (κ2) is 16.1. The first-order valence-corrected chi connectivity index (χ1v) is 24.5. The molecule has 0 N–H and O–H groups in total. The van der Waals surface area contributed by atoms with Gasteiger partial charge in [0.05, 0.1) is 55.3 Å². The molecule has 0 bridgehead atoms. The minimum Gasteiger partial charge on any atom is -0.370 e. The molecule has 2 fully saturated rings. The number of nitrogens with zero attached hydrogens (tertiary/aromatic N) is 2. The number of pyridine rings is 2. The molecule has 6 rings (SSSR count). The minimum atomic E-state index is -4.66. The fraction of sp³-hybridized carbons (Fsp3) is 0.421. The molecule has 2 aliphatic rings. The van der Waals surface area contributed by atoms with E-state index < -0.39 is 94.3 Å². The molecule has 0 saturated carbocycles. The zero-order valence-electron chi connectivity index (χ0n) is 32.8. The zero-order chi connectivity index (χ0) is 45.1. The SMILES string of the molecule is Cc1cc(S(C)(=O)=O)cnc1C1CC(C)(S(=O)(=O)c2cccc(C(F)(F)F)c2)CO1.Cc1cc(S(C)(=O)=O)cnc1C1CC(C)(S(=O)(=O)c2cccc(C(F)(F)F)c2)CO1. The number of halogens is 6. The zero-order valence-corrected chi connectivity index (χ0v) is 36.1. The molecule has 0 aliphatic carbocycles. The highest BCUT2D eigenvalue weighted by molar-refractivity contribution is 7.93. The van der Waals surface area contributed by atoms with Crippen LogP contribution in [0.4, 0.5) is 26.3 Å². The van der Waals surface area contributed by atoms with Gasteiger partial charge in [-0.1, -0.05) is 12.1 Å². The maximum Gasteiger partial charge on any atom is 0.416 e. The first kappa shape index (κ1) is 47.1. The Kier molecular flexibility index (Phi) is 12.6. The molecule has 2 saturated heterocycles. The van der Waals surface area contributed by atoms with Crippen LogP contribution in [0.25, 0.3) is 0 Å². The Hall–Kier alpha value is -3.96. The van der Waals surface area contributed by atoms with Gasteiger partial charge in [0.2, 0.25) is 0 Å². The van der Waals surface area contributed by atoms with Crippen molar-refractivity contribution in [1.29, 1.82) is 0 Å². The molecule has 2 aliphatic heterocycles. The largest absolute Gasteiger partial charge is 0.416 e. The number of sulfone groups is 4. The van der Waals surface area contributed by atoms with E-state index in [0.29, 0.717) is 34.6 Å². The average molecular weight is 927 g/mol. The Morgan fingerprint density at radius 3 is 1.18 bits per heavy atom. The number of aryl methyl sites for hydroxylation is 2. The van der Waals surface area contributed by atoms with Crippen LogP contribution in [-0.4, -0.2) is 78.9 Å². The Morgan fingerprint density at radius 2 is 0.900 bits per heavy atom. The summed E-state index contributed by atoms with van der Waals surface area (Å²) in [5, 5.41) is 0. The molecule has 12 nitrogen and oxygen atoms in total. The third-order valence-corrected chi connectivity index (χ3v) is 17.4. The molecule has 4 unspecified atom stereocenters. The van der Waals surface area contributed by atoms with Gasteiger partial charge in [0.15, 0.2) is 39.3 Å². The van der Waals surface area contributed by atoms with Gasteiger partial charge in [0.1, 0.15) is 21.7 Å². The molecule has 2 aromatic carbocycles. The maximum atomic E-state index is 13.1. The Balaban J connectivity index is 0.000000228. The molecule has 4 atom stereocenters. The third-order valence-electron chi connectivity index (χ3n) is 10.3. The summed E-state index contributed by atoms with van der Waals surface area (Å²) in [7, 11) is -15.2. The van der Waals surface area contributed by atoms with Crippen LogP contribution in [0.2, 0.25) is 0 Å². The molecule has 4 heterocycles. The predicted molar refractivity (Wildman–Crippen MR) is 205 cm³/mol. The standard InChI is InChI=1S/2C19H20F3NO5S2/c2*1-12-7-15(29(3,24)25)10-23-17(12)16-9-18(2,11-28-16)30(26,27)14-6-4-5-13(8-14)19(20,21)22/h2*4-8,10,16H,9,11H2,1-3H3. The van der Waals surface area contributed by atoms with E-state index in [1.165, 1.54) is 38.4 Å². The van der Waals surface area contributed by atoms with Crippen molar-refractivity contribution in [2.24, 2.45) is 0 Å². The van der Waals surface area contributed by atoms with Crippen LogP contribution in [0, 0.1) is 13.8 Å². The number of ether oxygens (including phenoxy) is 2. The van der Waals surface area contributed by atoms with Crippen LogP contribution in [0.3, 0.4) is 0 Å². The summed E-state index contributed by atoms with van der Waals surface area (Å²) in [5.74, 6) is 0. The average Bonchev–Trinajstić information content (AvgIpc) is 3.75. The molecule has 328 valence electrons. The van der Waals surface area contributed by atoms with E-state index in [-0.39, 0.29) is 35.8 Å². The van der Waals surface area contributed by atoms with E-state index in [4.69, 9.17) is 9.47 Å². The molecule has 0 amide bonds. The van der Waals surface area contributed by atoms with Gasteiger partial charge in [0, 0.05) is 37.7 Å². The van der Waals surface area contributed by atoms with Gasteiger partial charge in [-0.3, -0.25) is 9.97 Å². The minimum absolute atomic E-state index is 0.0288. The van der Waals surface area contributed by atoms with Crippen molar-refractivity contribution in [2.45, 2.75) is 94.2 Å². The lowest BCUT2D eigenvalue weighted by molar-refractivity contribution is -0.138. The first-order chi connectivity index (χ1) is 27.3. The van der Waals surface area contributed by atoms with Crippen molar-refractivity contribution < 1.29 is 69.5 Å². The smallest absolute Gasteiger partial charge is 0.370 e. The van der Waals surface area contributed by atoms with Gasteiger partial charge in [0.25, 0.3) is 0 Å². The highest BCUT2D eigenvalue weighted by atomic mass is 32.2. The third kappa shape index (κ3) is 9.57. The van der Waals surface area contributed by atoms with E-state index >= 15 is 0 Å². The van der Waals surface area contributed by atoms with Gasteiger partial charge in [-0.2, -0.15) is 26.3 Å². The van der Waals surface area contributed by atoms with Gasteiger partial charge >= 0.3 is 12.4 Å². The molecule has 4 aromatic rings. The number of benzene rings is 2. The quantitative estimate of drug-likeness (QED) is 0.165. The predicted octanol–water partition coefficient (Wildman–Crippen LogP) is 7.01. The molecule has 2 aromatic heterocycles. The summed E-state index contributed by atoms with van der Waals surface area (Å²) in [6, 6.07) is 10.1. The van der Waals surface area contributed by atoms with Crippen LogP contribution >= 0.6 is 0 Å². The summed E-state index contributed by atoms with van der Waals surface area (Å²) < 4.78 is 186. The van der Waals surface area contributed by atoms with Gasteiger partial charge in [-0.05, 0) is 87.4 Å². The normalized spacial score (nSPS) is 22.9. The van der Waals surface area contributed by atoms with Crippen molar-refractivity contribution in [1.82, 2.24) is 9.97 Å². The van der Waals surface area contributed by atoms with Crippen molar-refractivity contribution in [2.75, 3.05) is 25.7 Å². The van der Waals surface area contributed by atoms with Crippen molar-refractivity contribution >= 4 is 39.3 Å². The fourth-order valence-corrected chi connectivity index (χ4v) is 11.4. The Morgan fingerprint density at radius 1 is 0.567 bits per heavy atom. The molecule has 0 radical (unpaired) electrons. The van der Waals surface area contributed by atoms with E-state index in [1.807, 2.05) is 0 Å². The lowest BCUT2D eigenvalue weighted by Crippen LogP contribution is -2.36. The highest BCUT2D eigenvalue weighted by Gasteiger charge is 2.50.